The first-order chi connectivity index (χ1) is 6.19. The average molecular weight is 290 g/mol. The van der Waals surface area contributed by atoms with E-state index in [0.717, 1.165) is 21.3 Å². The predicted octanol–water partition coefficient (Wildman–Crippen LogP) is 2.83. The van der Waals surface area contributed by atoms with Crippen molar-refractivity contribution in [3.63, 3.8) is 0 Å². The van der Waals surface area contributed by atoms with Crippen molar-refractivity contribution in [3.8, 4) is 5.75 Å². The molecule has 1 rings (SSSR count). The molecule has 0 aromatic heterocycles. The van der Waals surface area contributed by atoms with Crippen LogP contribution >= 0.6 is 22.6 Å². The van der Waals surface area contributed by atoms with Crippen molar-refractivity contribution in [1.82, 2.24) is 0 Å². The standard InChI is InChI=1S/C10H11IO2/c1-7(12)8-3-4-10(13-2)9(5-8)6-11/h3-5H,6H2,1-2H3. The summed E-state index contributed by atoms with van der Waals surface area (Å²) in [6.07, 6.45) is 0. The van der Waals surface area contributed by atoms with Crippen molar-refractivity contribution < 1.29 is 9.53 Å². The summed E-state index contributed by atoms with van der Waals surface area (Å²) >= 11 is 2.25. The summed E-state index contributed by atoms with van der Waals surface area (Å²) in [4.78, 5) is 11.1. The molecule has 0 spiro atoms. The normalized spacial score (nSPS) is 9.77. The zero-order chi connectivity index (χ0) is 9.84. The van der Waals surface area contributed by atoms with Crippen LogP contribution in [0.15, 0.2) is 18.2 Å². The molecule has 13 heavy (non-hydrogen) atoms. The molecule has 0 heterocycles. The third-order valence-corrected chi connectivity index (χ3v) is 2.65. The maximum Gasteiger partial charge on any atom is 0.159 e. The summed E-state index contributed by atoms with van der Waals surface area (Å²) in [5.74, 6) is 0.938. The third kappa shape index (κ3) is 2.43. The van der Waals surface area contributed by atoms with Gasteiger partial charge in [0, 0.05) is 15.6 Å². The Bertz CT molecular complexity index is 321. The number of alkyl halides is 1. The lowest BCUT2D eigenvalue weighted by molar-refractivity contribution is 0.101. The van der Waals surface area contributed by atoms with E-state index in [1.54, 1.807) is 20.1 Å². The van der Waals surface area contributed by atoms with Crippen molar-refractivity contribution in [2.24, 2.45) is 0 Å². The topological polar surface area (TPSA) is 26.3 Å². The molecule has 1 aromatic rings. The minimum atomic E-state index is 0.0914. The Kier molecular flexibility index (Phi) is 3.71. The first-order valence-corrected chi connectivity index (χ1v) is 5.45. The molecule has 0 amide bonds. The molecule has 70 valence electrons. The monoisotopic (exact) mass is 290 g/mol. The summed E-state index contributed by atoms with van der Waals surface area (Å²) < 4.78 is 6.00. The summed E-state index contributed by atoms with van der Waals surface area (Å²) in [6.45, 7) is 1.57. The molecule has 3 heteroatoms. The van der Waals surface area contributed by atoms with E-state index >= 15 is 0 Å². The molecule has 0 aliphatic rings. The number of methoxy groups -OCH3 is 1. The highest BCUT2D eigenvalue weighted by Gasteiger charge is 2.05. The minimum absolute atomic E-state index is 0.0914. The lowest BCUT2D eigenvalue weighted by atomic mass is 10.1. The Morgan fingerprint density at radius 1 is 1.54 bits per heavy atom. The molecule has 0 radical (unpaired) electrons. The second-order valence-corrected chi connectivity index (χ2v) is 3.48. The van der Waals surface area contributed by atoms with Gasteiger partial charge < -0.3 is 4.74 Å². The molecule has 0 atom stereocenters. The zero-order valence-corrected chi connectivity index (χ0v) is 9.79. The number of halogens is 1. The van der Waals surface area contributed by atoms with E-state index in [4.69, 9.17) is 4.74 Å². The first kappa shape index (κ1) is 10.5. The van der Waals surface area contributed by atoms with E-state index in [2.05, 4.69) is 22.6 Å². The molecule has 2 nitrogen and oxygen atoms in total. The van der Waals surface area contributed by atoms with Gasteiger partial charge in [0.05, 0.1) is 7.11 Å². The van der Waals surface area contributed by atoms with Gasteiger partial charge in [-0.15, -0.1) is 0 Å². The Hall–Kier alpha value is -0.580. The maximum atomic E-state index is 11.1. The SMILES string of the molecule is COc1ccc(C(C)=O)cc1CI. The van der Waals surface area contributed by atoms with Crippen LogP contribution in [0.2, 0.25) is 0 Å². The van der Waals surface area contributed by atoms with Crippen molar-refractivity contribution in [2.45, 2.75) is 11.4 Å². The number of carbonyl (C=O) groups is 1. The van der Waals surface area contributed by atoms with Crippen molar-refractivity contribution in [3.05, 3.63) is 29.3 Å². The van der Waals surface area contributed by atoms with Crippen LogP contribution in [0.25, 0.3) is 0 Å². The van der Waals surface area contributed by atoms with E-state index < -0.39 is 0 Å². The fourth-order valence-corrected chi connectivity index (χ4v) is 1.70. The number of hydrogen-bond donors (Lipinski definition) is 0. The highest BCUT2D eigenvalue weighted by atomic mass is 127. The molecule has 0 fully saturated rings. The number of benzene rings is 1. The Labute approximate surface area is 91.4 Å². The molecule has 0 saturated heterocycles. The molecule has 0 bridgehead atoms. The molecule has 0 aliphatic heterocycles. The number of ketones is 1. The van der Waals surface area contributed by atoms with Crippen molar-refractivity contribution >= 4 is 28.4 Å². The largest absolute Gasteiger partial charge is 0.496 e. The van der Waals surface area contributed by atoms with Crippen molar-refractivity contribution in [1.29, 1.82) is 0 Å². The summed E-state index contributed by atoms with van der Waals surface area (Å²) in [5, 5.41) is 0. The molecule has 0 N–H and O–H groups in total. The second-order valence-electron chi connectivity index (χ2n) is 2.72. The number of hydrogen-bond acceptors (Lipinski definition) is 2. The van der Waals surface area contributed by atoms with Gasteiger partial charge in [0.1, 0.15) is 5.75 Å². The van der Waals surface area contributed by atoms with Gasteiger partial charge in [0.2, 0.25) is 0 Å². The fraction of sp³-hybridized carbons (Fsp3) is 0.300. The van der Waals surface area contributed by atoms with Crippen LogP contribution in [0.4, 0.5) is 0 Å². The van der Waals surface area contributed by atoms with E-state index in [-0.39, 0.29) is 5.78 Å². The van der Waals surface area contributed by atoms with E-state index in [9.17, 15) is 4.79 Å². The molecular formula is C10H11IO2. The predicted molar refractivity (Wildman–Crippen MR) is 60.7 cm³/mol. The third-order valence-electron chi connectivity index (χ3n) is 1.83. The Morgan fingerprint density at radius 3 is 2.69 bits per heavy atom. The second kappa shape index (κ2) is 4.60. The van der Waals surface area contributed by atoms with Crippen LogP contribution in [-0.2, 0) is 4.43 Å². The quantitative estimate of drug-likeness (QED) is 0.486. The van der Waals surface area contributed by atoms with Crippen LogP contribution < -0.4 is 4.74 Å². The summed E-state index contributed by atoms with van der Waals surface area (Å²) in [6, 6.07) is 5.51. The van der Waals surface area contributed by atoms with Crippen molar-refractivity contribution in [2.75, 3.05) is 7.11 Å². The van der Waals surface area contributed by atoms with Gasteiger partial charge in [-0.1, -0.05) is 22.6 Å². The first-order valence-electron chi connectivity index (χ1n) is 3.93. The number of Topliss-reactive ketones (excluding diaryl/α,β-unsaturated/α-hetero) is 1. The maximum absolute atomic E-state index is 11.1. The van der Waals surface area contributed by atoms with E-state index in [1.165, 1.54) is 0 Å². The van der Waals surface area contributed by atoms with Gasteiger partial charge in [-0.3, -0.25) is 4.79 Å². The summed E-state index contributed by atoms with van der Waals surface area (Å²) in [5.41, 5.74) is 1.81. The number of ether oxygens (including phenoxy) is 1. The zero-order valence-electron chi connectivity index (χ0n) is 7.63. The van der Waals surface area contributed by atoms with Crippen LogP contribution in [0.1, 0.15) is 22.8 Å². The van der Waals surface area contributed by atoms with Crippen LogP contribution in [0.5, 0.6) is 5.75 Å². The van der Waals surface area contributed by atoms with E-state index in [0.29, 0.717) is 0 Å². The van der Waals surface area contributed by atoms with E-state index in [1.807, 2.05) is 12.1 Å². The molecule has 0 saturated carbocycles. The number of carbonyl (C=O) groups excluding carboxylic acids is 1. The Morgan fingerprint density at radius 2 is 2.23 bits per heavy atom. The molecule has 1 aromatic carbocycles. The fourth-order valence-electron chi connectivity index (χ4n) is 1.10. The number of rotatable bonds is 3. The van der Waals surface area contributed by atoms with Gasteiger partial charge in [0.25, 0.3) is 0 Å². The van der Waals surface area contributed by atoms with Gasteiger partial charge in [-0.05, 0) is 25.1 Å². The summed E-state index contributed by atoms with van der Waals surface area (Å²) in [7, 11) is 1.64. The van der Waals surface area contributed by atoms with Gasteiger partial charge in [0.15, 0.2) is 5.78 Å². The lowest BCUT2D eigenvalue weighted by Crippen LogP contribution is -1.95. The Balaban J connectivity index is 3.13. The molecule has 0 unspecified atom stereocenters. The highest BCUT2D eigenvalue weighted by molar-refractivity contribution is 14.1. The average Bonchev–Trinajstić information content (AvgIpc) is 2.16. The lowest BCUT2D eigenvalue weighted by Gasteiger charge is -2.06. The highest BCUT2D eigenvalue weighted by Crippen LogP contribution is 2.22. The molecular weight excluding hydrogens is 279 g/mol. The van der Waals surface area contributed by atoms with Crippen LogP contribution in [0, 0.1) is 0 Å². The van der Waals surface area contributed by atoms with Crippen LogP contribution in [0.3, 0.4) is 0 Å². The smallest absolute Gasteiger partial charge is 0.159 e. The van der Waals surface area contributed by atoms with Gasteiger partial charge in [-0.25, -0.2) is 0 Å². The van der Waals surface area contributed by atoms with Gasteiger partial charge in [-0.2, -0.15) is 0 Å². The van der Waals surface area contributed by atoms with Crippen LogP contribution in [-0.4, -0.2) is 12.9 Å². The minimum Gasteiger partial charge on any atom is -0.496 e. The van der Waals surface area contributed by atoms with Gasteiger partial charge >= 0.3 is 0 Å². The molecule has 0 aliphatic carbocycles.